The maximum Gasteiger partial charge on any atom is 0.673 e. The molecule has 4 nitrogen and oxygen atoms in total. The van der Waals surface area contributed by atoms with E-state index in [1.807, 2.05) is 0 Å². The minimum atomic E-state index is -6.00. The lowest BCUT2D eigenvalue weighted by atomic mass is 10.2. The van der Waals surface area contributed by atoms with Crippen molar-refractivity contribution in [3.63, 3.8) is 0 Å². The molecule has 0 unspecified atom stereocenters. The summed E-state index contributed by atoms with van der Waals surface area (Å²) in [4.78, 5) is 14.0. The number of halogens is 4. The third-order valence-electron chi connectivity index (χ3n) is 1.47. The van der Waals surface area contributed by atoms with Gasteiger partial charge < -0.3 is 22.6 Å². The number of carbonyl (C=O) groups is 1. The van der Waals surface area contributed by atoms with E-state index in [1.54, 1.807) is 31.3 Å². The van der Waals surface area contributed by atoms with Crippen molar-refractivity contribution in [2.24, 2.45) is 0 Å². The van der Waals surface area contributed by atoms with E-state index in [-0.39, 0.29) is 5.91 Å². The second kappa shape index (κ2) is 6.47. The third kappa shape index (κ3) is 7.78. The molecule has 0 aliphatic heterocycles. The lowest BCUT2D eigenvalue weighted by molar-refractivity contribution is 0.0963. The highest BCUT2D eigenvalue weighted by atomic mass is 19.5. The van der Waals surface area contributed by atoms with Crippen LogP contribution >= 0.6 is 0 Å². The molecule has 1 aromatic carbocycles. The predicted octanol–water partition coefficient (Wildman–Crippen LogP) is 2.83. The van der Waals surface area contributed by atoms with E-state index in [2.05, 4.69) is 10.3 Å². The predicted molar refractivity (Wildman–Crippen MR) is 54.8 cm³/mol. The van der Waals surface area contributed by atoms with Crippen LogP contribution in [0.4, 0.5) is 23.0 Å². The number of hydrogen-bond acceptors (Lipinski definition) is 2. The molecular formula is C8H8BF4N3O. The zero-order valence-corrected chi connectivity index (χ0v) is 8.70. The number of benzene rings is 1. The average molecular weight is 249 g/mol. The number of amides is 1. The molecule has 0 atom stereocenters. The summed E-state index contributed by atoms with van der Waals surface area (Å²) in [5.74, 6) is -0.153. The van der Waals surface area contributed by atoms with E-state index in [9.17, 15) is 22.1 Å². The summed E-state index contributed by atoms with van der Waals surface area (Å²) < 4.78 is 39.0. The molecule has 0 radical (unpaired) electrons. The van der Waals surface area contributed by atoms with E-state index >= 15 is 0 Å². The first-order chi connectivity index (χ1) is 7.77. The van der Waals surface area contributed by atoms with Crippen molar-refractivity contribution in [1.29, 1.82) is 5.39 Å². The van der Waals surface area contributed by atoms with Crippen molar-refractivity contribution in [1.82, 2.24) is 5.32 Å². The first kappa shape index (κ1) is 14.9. The van der Waals surface area contributed by atoms with Gasteiger partial charge in [0.1, 0.15) is 0 Å². The van der Waals surface area contributed by atoms with Crippen molar-refractivity contribution < 1.29 is 22.1 Å². The minimum absolute atomic E-state index is 0.153. The largest absolute Gasteiger partial charge is 0.673 e. The average Bonchev–Trinajstić information content (AvgIpc) is 2.26. The van der Waals surface area contributed by atoms with Gasteiger partial charge in [-0.25, -0.2) is 0 Å². The fraction of sp³-hybridized carbons (Fsp3) is 0.125. The Balaban J connectivity index is 0.000000437. The molecule has 0 saturated heterocycles. The van der Waals surface area contributed by atoms with Gasteiger partial charge in [0.15, 0.2) is 4.98 Å². The zero-order valence-electron chi connectivity index (χ0n) is 8.70. The summed E-state index contributed by atoms with van der Waals surface area (Å²) >= 11 is 0. The van der Waals surface area contributed by atoms with Gasteiger partial charge in [-0.05, 0) is 12.1 Å². The van der Waals surface area contributed by atoms with Gasteiger partial charge >= 0.3 is 12.9 Å². The van der Waals surface area contributed by atoms with E-state index in [0.717, 1.165) is 0 Å². The van der Waals surface area contributed by atoms with Gasteiger partial charge in [0, 0.05) is 24.7 Å². The molecule has 0 spiro atoms. The Morgan fingerprint density at radius 1 is 1.24 bits per heavy atom. The highest BCUT2D eigenvalue weighted by Gasteiger charge is 2.20. The van der Waals surface area contributed by atoms with Gasteiger partial charge in [0.25, 0.3) is 5.91 Å². The molecule has 0 aliphatic carbocycles. The Bertz CT molecular complexity index is 406. The van der Waals surface area contributed by atoms with Crippen LogP contribution < -0.4 is 5.32 Å². The summed E-state index contributed by atoms with van der Waals surface area (Å²) in [6.45, 7) is 0. The topological polar surface area (TPSA) is 57.2 Å². The summed E-state index contributed by atoms with van der Waals surface area (Å²) in [5, 5.41) is 10.8. The van der Waals surface area contributed by atoms with Crippen LogP contribution in [-0.4, -0.2) is 20.2 Å². The highest BCUT2D eigenvalue weighted by Crippen LogP contribution is 2.11. The van der Waals surface area contributed by atoms with Gasteiger partial charge in [-0.1, -0.05) is 0 Å². The van der Waals surface area contributed by atoms with Crippen molar-refractivity contribution in [2.75, 3.05) is 7.05 Å². The van der Waals surface area contributed by atoms with Crippen LogP contribution in [0, 0.1) is 5.39 Å². The molecule has 17 heavy (non-hydrogen) atoms. The van der Waals surface area contributed by atoms with E-state index < -0.39 is 7.25 Å². The number of diazo groups is 1. The second-order valence-corrected chi connectivity index (χ2v) is 2.72. The maximum absolute atomic E-state index is 11.0. The lowest BCUT2D eigenvalue weighted by Gasteiger charge is -1.95. The van der Waals surface area contributed by atoms with Gasteiger partial charge in [-0.3, -0.25) is 4.79 Å². The van der Waals surface area contributed by atoms with Crippen LogP contribution in [-0.2, 0) is 0 Å². The first-order valence-electron chi connectivity index (χ1n) is 4.32. The maximum atomic E-state index is 11.0. The lowest BCUT2D eigenvalue weighted by Crippen LogP contribution is -2.17. The molecule has 0 heterocycles. The van der Waals surface area contributed by atoms with Gasteiger partial charge in [0.2, 0.25) is 5.39 Å². The molecule has 1 amide bonds. The molecule has 0 aliphatic rings. The summed E-state index contributed by atoms with van der Waals surface area (Å²) in [6, 6.07) is 6.30. The van der Waals surface area contributed by atoms with Crippen LogP contribution in [0.1, 0.15) is 10.4 Å². The Labute approximate surface area is 94.4 Å². The highest BCUT2D eigenvalue weighted by molar-refractivity contribution is 6.50. The Morgan fingerprint density at radius 2 is 1.65 bits per heavy atom. The Morgan fingerprint density at radius 3 is 1.94 bits per heavy atom. The molecule has 0 fully saturated rings. The summed E-state index contributed by atoms with van der Waals surface area (Å²) in [6.07, 6.45) is 0. The normalized spacial score (nSPS) is 9.65. The monoisotopic (exact) mass is 249 g/mol. The van der Waals surface area contributed by atoms with Crippen molar-refractivity contribution in [3.8, 4) is 0 Å². The summed E-state index contributed by atoms with van der Waals surface area (Å²) in [5.41, 5.74) is 0.979. The van der Waals surface area contributed by atoms with Crippen LogP contribution in [0.25, 0.3) is 4.98 Å². The summed E-state index contributed by atoms with van der Waals surface area (Å²) in [7, 11) is -4.44. The van der Waals surface area contributed by atoms with Crippen LogP contribution in [0.15, 0.2) is 24.3 Å². The molecule has 1 N–H and O–H groups in total. The van der Waals surface area contributed by atoms with E-state index in [0.29, 0.717) is 11.3 Å². The van der Waals surface area contributed by atoms with E-state index in [1.165, 1.54) is 0 Å². The van der Waals surface area contributed by atoms with Crippen molar-refractivity contribution in [3.05, 3.63) is 34.8 Å². The second-order valence-electron chi connectivity index (χ2n) is 2.72. The molecular weight excluding hydrogens is 241 g/mol. The first-order valence-corrected chi connectivity index (χ1v) is 4.32. The molecule has 0 saturated carbocycles. The zero-order chi connectivity index (χ0) is 13.5. The Kier molecular flexibility index (Phi) is 5.67. The number of hydrogen-bond donors (Lipinski definition) is 1. The van der Waals surface area contributed by atoms with Gasteiger partial charge in [0.05, 0.1) is 0 Å². The molecule has 9 heteroatoms. The fourth-order valence-corrected chi connectivity index (χ4v) is 0.824. The van der Waals surface area contributed by atoms with Crippen molar-refractivity contribution in [2.45, 2.75) is 0 Å². The fourth-order valence-electron chi connectivity index (χ4n) is 0.824. The standard InChI is InChI=1S/C8H7N3O.BF4/c1-10-8(12)6-2-4-7(11-9)5-3-6;2-1(3,4)5/h2-5H,1H3;/q;-1/p+1. The van der Waals surface area contributed by atoms with Crippen LogP contribution in [0.2, 0.25) is 0 Å². The molecule has 92 valence electrons. The number of carbonyl (C=O) groups excluding carboxylic acids is 1. The SMILES string of the molecule is CNC(=O)c1ccc([N+]#N)cc1.F[B-](F)(F)F. The smallest absolute Gasteiger partial charge is 0.418 e. The van der Waals surface area contributed by atoms with Gasteiger partial charge in [-0.15, -0.1) is 0 Å². The van der Waals surface area contributed by atoms with Gasteiger partial charge in [-0.2, -0.15) is 0 Å². The molecule has 0 aromatic heterocycles. The quantitative estimate of drug-likeness (QED) is 0.472. The van der Waals surface area contributed by atoms with Crippen LogP contribution in [0.5, 0.6) is 0 Å². The molecule has 1 rings (SSSR count). The number of rotatable bonds is 1. The van der Waals surface area contributed by atoms with E-state index in [4.69, 9.17) is 5.39 Å². The Hall–Kier alpha value is -2.11. The van der Waals surface area contributed by atoms with Crippen LogP contribution in [0.3, 0.4) is 0 Å². The number of nitrogens with one attached hydrogen (secondary N) is 1. The molecule has 0 bridgehead atoms. The molecule has 1 aromatic rings. The third-order valence-corrected chi connectivity index (χ3v) is 1.47. The number of nitrogens with zero attached hydrogens (tertiary/aromatic N) is 2. The van der Waals surface area contributed by atoms with Crippen molar-refractivity contribution >= 4 is 18.8 Å². The minimum Gasteiger partial charge on any atom is -0.418 e.